The predicted molar refractivity (Wildman–Crippen MR) is 69.4 cm³/mol. The van der Waals surface area contributed by atoms with E-state index in [4.69, 9.17) is 9.15 Å². The van der Waals surface area contributed by atoms with Crippen LogP contribution in [0.2, 0.25) is 0 Å². The quantitative estimate of drug-likeness (QED) is 0.627. The predicted octanol–water partition coefficient (Wildman–Crippen LogP) is 2.13. The number of furan rings is 1. The summed E-state index contributed by atoms with van der Waals surface area (Å²) < 4.78 is 10.3. The summed E-state index contributed by atoms with van der Waals surface area (Å²) in [4.78, 5) is 11.1. The van der Waals surface area contributed by atoms with Crippen LogP contribution in [-0.4, -0.2) is 25.7 Å². The fraction of sp³-hybridized carbons (Fsp3) is 0.357. The first-order chi connectivity index (χ1) is 8.81. The maximum Gasteiger partial charge on any atom is 0.319 e. The summed E-state index contributed by atoms with van der Waals surface area (Å²) in [6.45, 7) is 3.20. The van der Waals surface area contributed by atoms with Crippen LogP contribution < -0.4 is 5.32 Å². The zero-order valence-electron chi connectivity index (χ0n) is 10.4. The number of carbonyl (C=O) groups is 1. The van der Waals surface area contributed by atoms with Crippen molar-refractivity contribution in [2.24, 2.45) is 0 Å². The lowest BCUT2D eigenvalue weighted by molar-refractivity contribution is -0.141. The van der Waals surface area contributed by atoms with E-state index in [9.17, 15) is 4.79 Å². The van der Waals surface area contributed by atoms with Gasteiger partial charge in [0.15, 0.2) is 0 Å². The lowest BCUT2D eigenvalue weighted by atomic mass is 10.1. The van der Waals surface area contributed by atoms with Crippen LogP contribution in [0.3, 0.4) is 0 Å². The number of carbonyl (C=O) groups excluding carboxylic acids is 1. The van der Waals surface area contributed by atoms with Crippen molar-refractivity contribution in [3.63, 3.8) is 0 Å². The average Bonchev–Trinajstić information content (AvgIpc) is 2.78. The second-order valence-electron chi connectivity index (χ2n) is 3.99. The Labute approximate surface area is 106 Å². The van der Waals surface area contributed by atoms with Crippen LogP contribution in [0.5, 0.6) is 0 Å². The van der Waals surface area contributed by atoms with E-state index in [1.165, 1.54) is 0 Å². The van der Waals surface area contributed by atoms with Crippen molar-refractivity contribution in [2.75, 3.05) is 19.7 Å². The number of hydrogen-bond acceptors (Lipinski definition) is 4. The van der Waals surface area contributed by atoms with E-state index in [1.54, 1.807) is 13.2 Å². The van der Waals surface area contributed by atoms with Gasteiger partial charge in [0.05, 0.1) is 19.4 Å². The minimum absolute atomic E-state index is 0.213. The Bertz CT molecular complexity index is 518. The highest BCUT2D eigenvalue weighted by Crippen LogP contribution is 2.20. The molecule has 1 heterocycles. The van der Waals surface area contributed by atoms with Gasteiger partial charge < -0.3 is 14.5 Å². The molecule has 2 aromatic rings. The van der Waals surface area contributed by atoms with Crippen LogP contribution in [0.25, 0.3) is 11.0 Å². The van der Waals surface area contributed by atoms with E-state index < -0.39 is 0 Å². The third-order valence-electron chi connectivity index (χ3n) is 2.71. The van der Waals surface area contributed by atoms with Crippen molar-refractivity contribution in [3.05, 3.63) is 36.1 Å². The SMILES string of the molecule is CCOC(=O)CNCCc1coc2ccccc12. The van der Waals surface area contributed by atoms with Gasteiger partial charge in [-0.15, -0.1) is 0 Å². The van der Waals surface area contributed by atoms with E-state index in [-0.39, 0.29) is 12.5 Å². The molecule has 1 aromatic carbocycles. The first kappa shape index (κ1) is 12.6. The summed E-state index contributed by atoms with van der Waals surface area (Å²) in [6.07, 6.45) is 2.60. The smallest absolute Gasteiger partial charge is 0.319 e. The van der Waals surface area contributed by atoms with E-state index in [0.717, 1.165) is 29.5 Å². The molecule has 1 N–H and O–H groups in total. The van der Waals surface area contributed by atoms with Gasteiger partial charge in [0.25, 0.3) is 0 Å². The number of para-hydroxylation sites is 1. The molecule has 4 nitrogen and oxygen atoms in total. The Morgan fingerprint density at radius 2 is 2.22 bits per heavy atom. The van der Waals surface area contributed by atoms with Crippen molar-refractivity contribution in [1.82, 2.24) is 5.32 Å². The summed E-state index contributed by atoms with van der Waals surface area (Å²) in [5.74, 6) is -0.213. The lowest BCUT2D eigenvalue weighted by Gasteiger charge is -2.03. The number of esters is 1. The molecule has 18 heavy (non-hydrogen) atoms. The topological polar surface area (TPSA) is 51.5 Å². The summed E-state index contributed by atoms with van der Waals surface area (Å²) >= 11 is 0. The molecule has 96 valence electrons. The van der Waals surface area contributed by atoms with Crippen molar-refractivity contribution >= 4 is 16.9 Å². The fourth-order valence-corrected chi connectivity index (χ4v) is 1.85. The molecule has 0 atom stereocenters. The number of ether oxygens (including phenoxy) is 1. The monoisotopic (exact) mass is 247 g/mol. The van der Waals surface area contributed by atoms with E-state index in [1.807, 2.05) is 24.3 Å². The minimum atomic E-state index is -0.213. The Morgan fingerprint density at radius 3 is 3.06 bits per heavy atom. The van der Waals surface area contributed by atoms with Gasteiger partial charge in [0, 0.05) is 5.39 Å². The van der Waals surface area contributed by atoms with Gasteiger partial charge in [0.2, 0.25) is 0 Å². The third-order valence-corrected chi connectivity index (χ3v) is 2.71. The normalized spacial score (nSPS) is 10.7. The molecule has 0 unspecified atom stereocenters. The van der Waals surface area contributed by atoms with Crippen molar-refractivity contribution in [1.29, 1.82) is 0 Å². The zero-order chi connectivity index (χ0) is 12.8. The largest absolute Gasteiger partial charge is 0.465 e. The van der Waals surface area contributed by atoms with Gasteiger partial charge in [-0.05, 0) is 31.5 Å². The highest BCUT2D eigenvalue weighted by atomic mass is 16.5. The van der Waals surface area contributed by atoms with Gasteiger partial charge in [-0.1, -0.05) is 18.2 Å². The molecule has 0 saturated heterocycles. The van der Waals surface area contributed by atoms with Crippen LogP contribution in [0, 0.1) is 0 Å². The zero-order valence-corrected chi connectivity index (χ0v) is 10.4. The third kappa shape index (κ3) is 3.11. The van der Waals surface area contributed by atoms with Crippen molar-refractivity contribution < 1.29 is 13.9 Å². The van der Waals surface area contributed by atoms with Crippen LogP contribution >= 0.6 is 0 Å². The van der Waals surface area contributed by atoms with Gasteiger partial charge >= 0.3 is 5.97 Å². The van der Waals surface area contributed by atoms with Crippen molar-refractivity contribution in [3.8, 4) is 0 Å². The molecule has 0 amide bonds. The molecule has 0 fully saturated rings. The molecule has 0 aliphatic heterocycles. The van der Waals surface area contributed by atoms with E-state index >= 15 is 0 Å². The molecule has 0 bridgehead atoms. The van der Waals surface area contributed by atoms with Crippen LogP contribution in [0.15, 0.2) is 34.9 Å². The highest BCUT2D eigenvalue weighted by Gasteiger charge is 2.05. The Hall–Kier alpha value is -1.81. The molecule has 0 spiro atoms. The van der Waals surface area contributed by atoms with Crippen LogP contribution in [-0.2, 0) is 16.0 Å². The Balaban J connectivity index is 1.82. The summed E-state index contributed by atoms with van der Waals surface area (Å²) in [5.41, 5.74) is 2.06. The minimum Gasteiger partial charge on any atom is -0.465 e. The van der Waals surface area contributed by atoms with Crippen molar-refractivity contribution in [2.45, 2.75) is 13.3 Å². The van der Waals surface area contributed by atoms with E-state index in [2.05, 4.69) is 5.32 Å². The standard InChI is InChI=1S/C14H17NO3/c1-2-17-14(16)9-15-8-7-11-10-18-13-6-4-3-5-12(11)13/h3-6,10,15H,2,7-9H2,1H3. The molecule has 0 aliphatic rings. The number of fused-ring (bicyclic) bond motifs is 1. The van der Waals surface area contributed by atoms with Crippen LogP contribution in [0.1, 0.15) is 12.5 Å². The Morgan fingerprint density at radius 1 is 1.39 bits per heavy atom. The summed E-state index contributed by atoms with van der Waals surface area (Å²) in [7, 11) is 0. The first-order valence-corrected chi connectivity index (χ1v) is 6.12. The van der Waals surface area contributed by atoms with Gasteiger partial charge in [0.1, 0.15) is 5.58 Å². The Kier molecular flexibility index (Phi) is 4.36. The second-order valence-corrected chi connectivity index (χ2v) is 3.99. The molecule has 0 radical (unpaired) electrons. The fourth-order valence-electron chi connectivity index (χ4n) is 1.85. The number of benzene rings is 1. The molecule has 2 rings (SSSR count). The summed E-state index contributed by atoms with van der Waals surface area (Å²) in [5, 5.41) is 4.19. The number of nitrogens with one attached hydrogen (secondary N) is 1. The average molecular weight is 247 g/mol. The van der Waals surface area contributed by atoms with Gasteiger partial charge in [-0.3, -0.25) is 4.79 Å². The van der Waals surface area contributed by atoms with Gasteiger partial charge in [-0.2, -0.15) is 0 Å². The second kappa shape index (κ2) is 6.21. The van der Waals surface area contributed by atoms with Crippen LogP contribution in [0.4, 0.5) is 0 Å². The maximum atomic E-state index is 11.1. The first-order valence-electron chi connectivity index (χ1n) is 6.12. The molecular weight excluding hydrogens is 230 g/mol. The molecular formula is C14H17NO3. The number of rotatable bonds is 6. The molecule has 0 aliphatic carbocycles. The van der Waals surface area contributed by atoms with E-state index in [0.29, 0.717) is 6.61 Å². The van der Waals surface area contributed by atoms with Gasteiger partial charge in [-0.25, -0.2) is 0 Å². The maximum absolute atomic E-state index is 11.1. The lowest BCUT2D eigenvalue weighted by Crippen LogP contribution is -2.26. The summed E-state index contributed by atoms with van der Waals surface area (Å²) in [6, 6.07) is 7.94. The molecule has 1 aromatic heterocycles. The molecule has 4 heteroatoms. The number of hydrogen-bond donors (Lipinski definition) is 1. The molecule has 0 saturated carbocycles. The highest BCUT2D eigenvalue weighted by molar-refractivity contribution is 5.80.